The fraction of sp³-hybridized carbons (Fsp3) is 0.600. The van der Waals surface area contributed by atoms with Crippen molar-refractivity contribution in [1.82, 2.24) is 20.1 Å². The molecule has 206 valence electrons. The lowest BCUT2D eigenvalue weighted by Gasteiger charge is -2.47. The molecule has 3 aliphatic rings. The van der Waals surface area contributed by atoms with E-state index in [-0.39, 0.29) is 5.91 Å². The number of hydrogen-bond acceptors (Lipinski definition) is 5. The van der Waals surface area contributed by atoms with Gasteiger partial charge in [-0.1, -0.05) is 54.6 Å². The van der Waals surface area contributed by atoms with Crippen molar-refractivity contribution in [2.75, 3.05) is 44.2 Å². The number of hydrogen-bond donors (Lipinski definition) is 1. The first-order valence-corrected chi connectivity index (χ1v) is 15.1. The molecule has 6 nitrogen and oxygen atoms in total. The summed E-state index contributed by atoms with van der Waals surface area (Å²) in [6, 6.07) is 11.0. The topological polar surface area (TPSA) is 51.7 Å². The van der Waals surface area contributed by atoms with E-state index >= 15 is 0 Å². The van der Waals surface area contributed by atoms with Crippen LogP contribution in [-0.4, -0.2) is 72.0 Å². The van der Waals surface area contributed by atoms with Crippen molar-refractivity contribution in [2.45, 2.75) is 70.5 Å². The monoisotopic (exact) mass is 557 g/mol. The van der Waals surface area contributed by atoms with E-state index in [4.69, 9.17) is 23.2 Å². The van der Waals surface area contributed by atoms with Crippen LogP contribution in [0, 0.1) is 5.92 Å². The summed E-state index contributed by atoms with van der Waals surface area (Å²) < 4.78 is 0. The Morgan fingerprint density at radius 3 is 2.42 bits per heavy atom. The van der Waals surface area contributed by atoms with E-state index in [1.54, 1.807) is 12.3 Å². The molecule has 2 saturated heterocycles. The number of nitrogens with zero attached hydrogens (tertiary/aromatic N) is 4. The van der Waals surface area contributed by atoms with E-state index in [0.717, 1.165) is 56.7 Å². The van der Waals surface area contributed by atoms with Crippen LogP contribution in [0.2, 0.25) is 10.0 Å². The van der Waals surface area contributed by atoms with Crippen molar-refractivity contribution < 1.29 is 4.79 Å². The number of piperidine rings is 1. The molecule has 1 aromatic heterocycles. The zero-order valence-electron chi connectivity index (χ0n) is 22.5. The first kappa shape index (κ1) is 27.7. The maximum Gasteiger partial charge on any atom is 0.252 e. The lowest BCUT2D eigenvalue weighted by molar-refractivity contribution is 0.0690. The fourth-order valence-corrected chi connectivity index (χ4v) is 6.89. The molecular weight excluding hydrogens is 517 g/mol. The van der Waals surface area contributed by atoms with E-state index in [9.17, 15) is 4.79 Å². The molecule has 2 aliphatic heterocycles. The zero-order chi connectivity index (χ0) is 26.5. The molecule has 1 aliphatic carbocycles. The summed E-state index contributed by atoms with van der Waals surface area (Å²) in [6.45, 7) is 9.09. The Morgan fingerprint density at radius 2 is 1.74 bits per heavy atom. The lowest BCUT2D eigenvalue weighted by Crippen LogP contribution is -2.57. The van der Waals surface area contributed by atoms with Gasteiger partial charge in [0.25, 0.3) is 5.91 Å². The lowest BCUT2D eigenvalue weighted by atomic mass is 9.89. The Kier molecular flexibility index (Phi) is 9.47. The third kappa shape index (κ3) is 7.01. The molecule has 5 rings (SSSR count). The molecule has 2 aromatic rings. The number of piperazine rings is 1. The number of amides is 1. The van der Waals surface area contributed by atoms with Crippen molar-refractivity contribution in [3.05, 3.63) is 57.7 Å². The number of likely N-dealkylation sites (tertiary alicyclic amines) is 1. The maximum absolute atomic E-state index is 12.7. The molecular formula is C30H41Cl2N5O. The van der Waals surface area contributed by atoms with Gasteiger partial charge in [0.2, 0.25) is 0 Å². The second-order valence-electron chi connectivity index (χ2n) is 11.4. The predicted molar refractivity (Wildman–Crippen MR) is 156 cm³/mol. The van der Waals surface area contributed by atoms with Crippen LogP contribution in [-0.2, 0) is 6.54 Å². The van der Waals surface area contributed by atoms with Crippen LogP contribution in [0.25, 0.3) is 0 Å². The van der Waals surface area contributed by atoms with Gasteiger partial charge in [-0.25, -0.2) is 4.98 Å². The number of carbonyl (C=O) groups is 1. The Hall–Kier alpha value is -1.86. The van der Waals surface area contributed by atoms with Gasteiger partial charge in [0.05, 0.1) is 10.6 Å². The fourth-order valence-electron chi connectivity index (χ4n) is 6.48. The SMILES string of the molecule is C[C@H]1CN(c2ncc(C(=O)NCC3CCCCC3)cc2Cl)CCN1C1CCN(Cc2ccc(Cl)cc2)CC1. The third-order valence-corrected chi connectivity index (χ3v) is 9.21. The van der Waals surface area contributed by atoms with Crippen LogP contribution in [0.15, 0.2) is 36.5 Å². The van der Waals surface area contributed by atoms with Crippen molar-refractivity contribution in [1.29, 1.82) is 0 Å². The number of pyridine rings is 1. The van der Waals surface area contributed by atoms with Gasteiger partial charge in [-0.3, -0.25) is 14.6 Å². The second-order valence-corrected chi connectivity index (χ2v) is 12.3. The molecule has 3 heterocycles. The number of halogens is 2. The van der Waals surface area contributed by atoms with Crippen LogP contribution >= 0.6 is 23.2 Å². The maximum atomic E-state index is 12.7. The molecule has 1 atom stereocenters. The molecule has 0 spiro atoms. The molecule has 1 amide bonds. The molecule has 3 fully saturated rings. The van der Waals surface area contributed by atoms with E-state index in [1.807, 2.05) is 12.1 Å². The standard InChI is InChI=1S/C30H41Cl2N5O/c1-22-20-36(29-28(32)17-25(19-33-29)30(38)34-18-23-5-3-2-4-6-23)15-16-37(22)27-11-13-35(14-12-27)21-24-7-9-26(31)10-8-24/h7-10,17,19,22-23,27H,2-6,11-16,18,20-21H2,1H3,(H,34,38)/t22-/m0/s1. The number of carbonyl (C=O) groups excluding carboxylic acids is 1. The van der Waals surface area contributed by atoms with Gasteiger partial charge in [-0.2, -0.15) is 0 Å². The van der Waals surface area contributed by atoms with Gasteiger partial charge in [-0.05, 0) is 75.4 Å². The van der Waals surface area contributed by atoms with Gasteiger partial charge >= 0.3 is 0 Å². The van der Waals surface area contributed by atoms with E-state index in [1.165, 1.54) is 50.5 Å². The number of aromatic nitrogens is 1. The van der Waals surface area contributed by atoms with E-state index < -0.39 is 0 Å². The first-order valence-electron chi connectivity index (χ1n) is 14.4. The van der Waals surface area contributed by atoms with Crippen molar-refractivity contribution in [2.24, 2.45) is 5.92 Å². The molecule has 0 unspecified atom stereocenters. The highest BCUT2D eigenvalue weighted by molar-refractivity contribution is 6.33. The number of anilines is 1. The largest absolute Gasteiger partial charge is 0.353 e. The van der Waals surface area contributed by atoms with Gasteiger partial charge in [0.1, 0.15) is 5.82 Å². The molecule has 0 bridgehead atoms. The Bertz CT molecular complexity index is 1070. The summed E-state index contributed by atoms with van der Waals surface area (Å²) in [5.41, 5.74) is 1.87. The molecule has 8 heteroatoms. The molecule has 0 radical (unpaired) electrons. The number of benzene rings is 1. The van der Waals surface area contributed by atoms with Crippen LogP contribution in [0.5, 0.6) is 0 Å². The third-order valence-electron chi connectivity index (χ3n) is 8.68. The average molecular weight is 559 g/mol. The molecule has 1 saturated carbocycles. The average Bonchev–Trinajstić information content (AvgIpc) is 2.94. The Balaban J connectivity index is 1.10. The number of rotatable bonds is 7. The molecule has 38 heavy (non-hydrogen) atoms. The highest BCUT2D eigenvalue weighted by Gasteiger charge is 2.32. The van der Waals surface area contributed by atoms with Gasteiger partial charge in [0, 0.05) is 56.0 Å². The quantitative estimate of drug-likeness (QED) is 0.461. The summed E-state index contributed by atoms with van der Waals surface area (Å²) in [6.07, 6.45) is 10.4. The molecule has 1 N–H and O–H groups in total. The van der Waals surface area contributed by atoms with Gasteiger partial charge in [-0.15, -0.1) is 0 Å². The summed E-state index contributed by atoms with van der Waals surface area (Å²) >= 11 is 12.7. The van der Waals surface area contributed by atoms with Crippen LogP contribution in [0.3, 0.4) is 0 Å². The zero-order valence-corrected chi connectivity index (χ0v) is 24.1. The van der Waals surface area contributed by atoms with Crippen molar-refractivity contribution in [3.8, 4) is 0 Å². The summed E-state index contributed by atoms with van der Waals surface area (Å²) in [7, 11) is 0. The minimum atomic E-state index is -0.0721. The Labute approximate surface area is 237 Å². The van der Waals surface area contributed by atoms with Crippen molar-refractivity contribution in [3.63, 3.8) is 0 Å². The predicted octanol–water partition coefficient (Wildman–Crippen LogP) is 5.87. The highest BCUT2D eigenvalue weighted by atomic mass is 35.5. The normalized spacial score (nSPS) is 22.5. The van der Waals surface area contributed by atoms with E-state index in [2.05, 4.69) is 44.1 Å². The van der Waals surface area contributed by atoms with Crippen LogP contribution < -0.4 is 10.2 Å². The summed E-state index contributed by atoms with van der Waals surface area (Å²) in [5, 5.41) is 4.45. The summed E-state index contributed by atoms with van der Waals surface area (Å²) in [4.78, 5) is 24.9. The van der Waals surface area contributed by atoms with Crippen LogP contribution in [0.1, 0.15) is 67.8 Å². The highest BCUT2D eigenvalue weighted by Crippen LogP contribution is 2.29. The van der Waals surface area contributed by atoms with Crippen molar-refractivity contribution >= 4 is 34.9 Å². The summed E-state index contributed by atoms with van der Waals surface area (Å²) in [5.74, 6) is 1.32. The Morgan fingerprint density at radius 1 is 1.00 bits per heavy atom. The van der Waals surface area contributed by atoms with Gasteiger partial charge in [0.15, 0.2) is 0 Å². The van der Waals surface area contributed by atoms with Crippen LogP contribution in [0.4, 0.5) is 5.82 Å². The smallest absolute Gasteiger partial charge is 0.252 e. The minimum Gasteiger partial charge on any atom is -0.353 e. The first-order chi connectivity index (χ1) is 18.5. The number of nitrogens with one attached hydrogen (secondary N) is 1. The van der Waals surface area contributed by atoms with E-state index in [0.29, 0.717) is 28.6 Å². The second kappa shape index (κ2) is 13.0. The van der Waals surface area contributed by atoms with Gasteiger partial charge < -0.3 is 10.2 Å². The molecule has 1 aromatic carbocycles. The minimum absolute atomic E-state index is 0.0721.